The van der Waals surface area contributed by atoms with Crippen LogP contribution < -0.4 is 4.74 Å². The van der Waals surface area contributed by atoms with E-state index < -0.39 is 0 Å². The molecule has 0 heterocycles. The summed E-state index contributed by atoms with van der Waals surface area (Å²) in [6.07, 6.45) is 9.29. The monoisotopic (exact) mass is 362 g/mol. The molecule has 0 aliphatic heterocycles. The number of rotatable bonds is 10. The number of ether oxygens (including phenoxy) is 2. The molecule has 0 aliphatic carbocycles. The summed E-state index contributed by atoms with van der Waals surface area (Å²) in [5.41, 5.74) is 3.59. The molecule has 0 atom stereocenters. The highest BCUT2D eigenvalue weighted by atomic mass is 16.5. The molecule has 0 amide bonds. The van der Waals surface area contributed by atoms with Gasteiger partial charge in [-0.25, -0.2) is 4.79 Å². The average Bonchev–Trinajstić information content (AvgIpc) is 2.70. The van der Waals surface area contributed by atoms with Gasteiger partial charge in [0, 0.05) is 11.1 Å². The summed E-state index contributed by atoms with van der Waals surface area (Å²) >= 11 is 0. The molecule has 2 aromatic carbocycles. The maximum absolute atomic E-state index is 11.2. The lowest BCUT2D eigenvalue weighted by Gasteiger charge is -2.08. The van der Waals surface area contributed by atoms with Crippen molar-refractivity contribution in [3.05, 3.63) is 66.2 Å². The van der Waals surface area contributed by atoms with Crippen LogP contribution in [0.15, 0.2) is 60.7 Å². The molecule has 0 spiro atoms. The highest BCUT2D eigenvalue weighted by Gasteiger charge is 2.02. The van der Waals surface area contributed by atoms with Crippen molar-refractivity contribution in [2.75, 3.05) is 13.2 Å². The van der Waals surface area contributed by atoms with E-state index in [1.807, 2.05) is 36.4 Å². The van der Waals surface area contributed by atoms with Crippen molar-refractivity contribution in [1.29, 1.82) is 0 Å². The number of carbonyl (C=O) groups is 1. The van der Waals surface area contributed by atoms with E-state index >= 15 is 0 Å². The quantitative estimate of drug-likeness (QED) is 0.246. The van der Waals surface area contributed by atoms with Crippen LogP contribution in [0, 0.1) is 12.3 Å². The number of esters is 1. The van der Waals surface area contributed by atoms with Gasteiger partial charge in [-0.15, -0.1) is 6.42 Å². The van der Waals surface area contributed by atoms with Crippen LogP contribution in [0.1, 0.15) is 38.2 Å². The zero-order chi connectivity index (χ0) is 19.5. The second kappa shape index (κ2) is 10.9. The van der Waals surface area contributed by atoms with Crippen molar-refractivity contribution in [2.45, 2.75) is 32.6 Å². The molecule has 0 N–H and O–H groups in total. The van der Waals surface area contributed by atoms with Crippen molar-refractivity contribution in [3.8, 4) is 29.2 Å². The Morgan fingerprint density at radius 2 is 1.48 bits per heavy atom. The third-order valence-corrected chi connectivity index (χ3v) is 4.13. The summed E-state index contributed by atoms with van der Waals surface area (Å²) in [6, 6.07) is 16.0. The number of hydrogen-bond donors (Lipinski definition) is 0. The van der Waals surface area contributed by atoms with Crippen LogP contribution in [-0.2, 0) is 9.53 Å². The fourth-order valence-electron chi connectivity index (χ4n) is 2.54. The number of hydrogen-bond acceptors (Lipinski definition) is 3. The normalized spacial score (nSPS) is 10.1. The van der Waals surface area contributed by atoms with Crippen LogP contribution in [0.4, 0.5) is 0 Å². The number of benzene rings is 2. The molecule has 0 fully saturated rings. The van der Waals surface area contributed by atoms with Crippen molar-refractivity contribution in [3.63, 3.8) is 0 Å². The van der Waals surface area contributed by atoms with Gasteiger partial charge in [0.05, 0.1) is 13.2 Å². The fourth-order valence-corrected chi connectivity index (χ4v) is 2.54. The van der Waals surface area contributed by atoms with Crippen LogP contribution in [0.5, 0.6) is 5.75 Å². The smallest absolute Gasteiger partial charge is 0.333 e. The van der Waals surface area contributed by atoms with E-state index in [9.17, 15) is 4.79 Å². The molecule has 3 nitrogen and oxygen atoms in total. The van der Waals surface area contributed by atoms with Gasteiger partial charge in [0.15, 0.2) is 0 Å². The molecule has 0 saturated heterocycles. The van der Waals surface area contributed by atoms with Gasteiger partial charge in [0.25, 0.3) is 0 Å². The van der Waals surface area contributed by atoms with Crippen molar-refractivity contribution in [1.82, 2.24) is 0 Å². The predicted molar refractivity (Wildman–Crippen MR) is 110 cm³/mol. The first kappa shape index (κ1) is 20.3. The summed E-state index contributed by atoms with van der Waals surface area (Å²) < 4.78 is 10.8. The minimum atomic E-state index is -0.311. The summed E-state index contributed by atoms with van der Waals surface area (Å²) in [4.78, 5) is 11.2. The highest BCUT2D eigenvalue weighted by Crippen LogP contribution is 2.23. The minimum Gasteiger partial charge on any atom is -0.494 e. The molecule has 0 aromatic heterocycles. The number of terminal acetylenes is 1. The second-order valence-electron chi connectivity index (χ2n) is 6.42. The molecule has 0 unspecified atom stereocenters. The van der Waals surface area contributed by atoms with Gasteiger partial charge in [-0.2, -0.15) is 0 Å². The Kier molecular flexibility index (Phi) is 8.19. The molecular formula is C24H26O3. The Morgan fingerprint density at radius 3 is 2.04 bits per heavy atom. The van der Waals surface area contributed by atoms with Gasteiger partial charge in [0.2, 0.25) is 0 Å². The fraction of sp³-hybridized carbons (Fsp3) is 0.292. The third kappa shape index (κ3) is 7.03. The van der Waals surface area contributed by atoms with E-state index in [0.29, 0.717) is 18.8 Å². The lowest BCUT2D eigenvalue weighted by atomic mass is 10.0. The maximum Gasteiger partial charge on any atom is 0.333 e. The first-order chi connectivity index (χ1) is 13.1. The Morgan fingerprint density at radius 1 is 0.926 bits per heavy atom. The Labute approximate surface area is 162 Å². The predicted octanol–water partition coefficient (Wildman–Crippen LogP) is 5.39. The molecular weight excluding hydrogens is 336 g/mol. The van der Waals surface area contributed by atoms with Crippen LogP contribution >= 0.6 is 0 Å². The van der Waals surface area contributed by atoms with E-state index in [1.54, 1.807) is 6.92 Å². The first-order valence-electron chi connectivity index (χ1n) is 9.22. The van der Waals surface area contributed by atoms with E-state index in [-0.39, 0.29) is 5.97 Å². The molecule has 0 aliphatic rings. The van der Waals surface area contributed by atoms with Crippen molar-refractivity contribution in [2.24, 2.45) is 0 Å². The topological polar surface area (TPSA) is 35.5 Å². The van der Waals surface area contributed by atoms with Gasteiger partial charge in [-0.3, -0.25) is 0 Å². The molecule has 2 aromatic rings. The van der Waals surface area contributed by atoms with E-state index in [1.165, 1.54) is 0 Å². The Hall–Kier alpha value is -2.99. The third-order valence-electron chi connectivity index (χ3n) is 4.13. The van der Waals surface area contributed by atoms with Gasteiger partial charge < -0.3 is 9.47 Å². The van der Waals surface area contributed by atoms with Gasteiger partial charge in [0.1, 0.15) is 5.75 Å². The van der Waals surface area contributed by atoms with Gasteiger partial charge in [-0.05, 0) is 68.0 Å². The second-order valence-corrected chi connectivity index (χ2v) is 6.42. The number of carbonyl (C=O) groups excluding carboxylic acids is 1. The highest BCUT2D eigenvalue weighted by molar-refractivity contribution is 5.86. The van der Waals surface area contributed by atoms with Crippen LogP contribution in [-0.4, -0.2) is 19.2 Å². The lowest BCUT2D eigenvalue weighted by Crippen LogP contribution is -2.06. The van der Waals surface area contributed by atoms with Crippen molar-refractivity contribution < 1.29 is 14.3 Å². The molecule has 140 valence electrons. The largest absolute Gasteiger partial charge is 0.494 e. The SMILES string of the molecule is C#Cc1ccc(-c2ccc(OCCCCCCOC(=O)C(=C)C)cc2)cc1. The summed E-state index contributed by atoms with van der Waals surface area (Å²) in [6.45, 7) is 6.35. The summed E-state index contributed by atoms with van der Waals surface area (Å²) in [5, 5.41) is 0. The summed E-state index contributed by atoms with van der Waals surface area (Å²) in [7, 11) is 0. The zero-order valence-electron chi connectivity index (χ0n) is 15.9. The number of unbranched alkanes of at least 4 members (excludes halogenated alkanes) is 3. The molecule has 3 heteroatoms. The molecule has 27 heavy (non-hydrogen) atoms. The van der Waals surface area contributed by atoms with E-state index in [2.05, 4.69) is 24.6 Å². The van der Waals surface area contributed by atoms with Gasteiger partial charge in [-0.1, -0.05) is 36.8 Å². The first-order valence-corrected chi connectivity index (χ1v) is 9.22. The molecule has 0 bridgehead atoms. The molecule has 2 rings (SSSR count). The Balaban J connectivity index is 1.63. The molecule has 0 saturated carbocycles. The summed E-state index contributed by atoms with van der Waals surface area (Å²) in [5.74, 6) is 3.18. The van der Waals surface area contributed by atoms with Crippen LogP contribution in [0.25, 0.3) is 11.1 Å². The van der Waals surface area contributed by atoms with Crippen LogP contribution in [0.3, 0.4) is 0 Å². The Bertz CT molecular complexity index is 780. The maximum atomic E-state index is 11.2. The van der Waals surface area contributed by atoms with Gasteiger partial charge >= 0.3 is 5.97 Å². The minimum absolute atomic E-state index is 0.311. The van der Waals surface area contributed by atoms with E-state index in [4.69, 9.17) is 15.9 Å². The zero-order valence-corrected chi connectivity index (χ0v) is 15.9. The average molecular weight is 362 g/mol. The lowest BCUT2D eigenvalue weighted by molar-refractivity contribution is -0.139. The van der Waals surface area contributed by atoms with E-state index in [0.717, 1.165) is 48.1 Å². The van der Waals surface area contributed by atoms with Crippen molar-refractivity contribution >= 4 is 5.97 Å². The molecule has 0 radical (unpaired) electrons. The van der Waals surface area contributed by atoms with Crippen LogP contribution in [0.2, 0.25) is 0 Å². The standard InChI is InChI=1S/C24H26O3/c1-4-20-9-11-21(12-10-20)22-13-15-23(16-14-22)26-17-7-5-6-8-18-27-24(25)19(2)3/h1,9-16H,2,5-8,17-18H2,3H3.